The van der Waals surface area contributed by atoms with Crippen molar-refractivity contribution >= 4 is 46.2 Å². The van der Waals surface area contributed by atoms with Gasteiger partial charge < -0.3 is 14.5 Å². The minimum atomic E-state index is -0.462. The number of methoxy groups -OCH3 is 1. The molecule has 5 rings (SSSR count). The van der Waals surface area contributed by atoms with Crippen LogP contribution in [0.4, 0.5) is 17.1 Å². The number of rotatable bonds is 7. The topological polar surface area (TPSA) is 68.7 Å². The maximum absolute atomic E-state index is 12.9. The lowest BCUT2D eigenvalue weighted by molar-refractivity contribution is -0.131. The normalized spacial score (nSPS) is 17.3. The average molecular weight is 546 g/mol. The Morgan fingerprint density at radius 2 is 1.51 bits per heavy atom. The summed E-state index contributed by atoms with van der Waals surface area (Å²) in [5.41, 5.74) is 3.58. The Labute approximate surface area is 234 Å². The first kappa shape index (κ1) is 26.6. The molecule has 2 aliphatic rings. The third-order valence-electron chi connectivity index (χ3n) is 7.16. The molecule has 1 fully saturated rings. The van der Waals surface area contributed by atoms with E-state index >= 15 is 0 Å². The summed E-state index contributed by atoms with van der Waals surface area (Å²) >= 11 is 6.17. The second-order valence-electron chi connectivity index (χ2n) is 9.52. The van der Waals surface area contributed by atoms with Crippen LogP contribution in [0.3, 0.4) is 0 Å². The Bertz CT molecular complexity index is 1370. The maximum Gasteiger partial charge on any atom is 0.222 e. The molecule has 2 aliphatic heterocycles. The van der Waals surface area contributed by atoms with Gasteiger partial charge in [0.05, 0.1) is 12.8 Å². The molecule has 3 aromatic rings. The van der Waals surface area contributed by atoms with Gasteiger partial charge in [-0.15, -0.1) is 5.10 Å². The summed E-state index contributed by atoms with van der Waals surface area (Å²) in [6.45, 7) is 6.42. The molecule has 202 valence electrons. The van der Waals surface area contributed by atoms with Crippen LogP contribution >= 0.6 is 11.6 Å². The predicted octanol–water partition coefficient (Wildman–Crippen LogP) is 5.34. The number of hydrogen-bond acceptors (Lipinski definition) is 7. The molecular formula is C30H32ClN5O3. The molecule has 1 amide bonds. The molecule has 8 nitrogen and oxygen atoms in total. The second-order valence-corrected chi connectivity index (χ2v) is 9.96. The van der Waals surface area contributed by atoms with E-state index in [4.69, 9.17) is 21.4 Å². The minimum absolute atomic E-state index is 0.146. The number of carbonyl (C=O) groups is 2. The fourth-order valence-corrected chi connectivity index (χ4v) is 5.26. The lowest BCUT2D eigenvalue weighted by Crippen LogP contribution is -2.48. The number of nitrogens with zero attached hydrogens (tertiary/aromatic N) is 5. The lowest BCUT2D eigenvalue weighted by Gasteiger charge is -2.36. The van der Waals surface area contributed by atoms with Crippen LogP contribution < -0.4 is 19.5 Å². The van der Waals surface area contributed by atoms with Crippen molar-refractivity contribution in [2.75, 3.05) is 48.1 Å². The molecule has 1 saturated heterocycles. The van der Waals surface area contributed by atoms with Gasteiger partial charge in [-0.3, -0.25) is 14.5 Å². The lowest BCUT2D eigenvalue weighted by atomic mass is 10.1. The van der Waals surface area contributed by atoms with E-state index in [2.05, 4.69) is 17.0 Å². The number of ketones is 1. The SMILES string of the molecule is CCC(=O)N1CCN(c2ccc(N3C(C(C)=O)=NN(c4ccc(Cl)cc4)[C@H]3c3ccccc3OC)cc2)CC1. The summed E-state index contributed by atoms with van der Waals surface area (Å²) in [4.78, 5) is 31.2. The number of carbonyl (C=O) groups excluding carboxylic acids is 2. The van der Waals surface area contributed by atoms with Gasteiger partial charge in [-0.05, 0) is 54.6 Å². The number of amides is 1. The Balaban J connectivity index is 1.51. The Morgan fingerprint density at radius 3 is 2.13 bits per heavy atom. The molecule has 39 heavy (non-hydrogen) atoms. The van der Waals surface area contributed by atoms with E-state index in [1.54, 1.807) is 7.11 Å². The van der Waals surface area contributed by atoms with Crippen molar-refractivity contribution in [2.24, 2.45) is 5.10 Å². The number of benzene rings is 3. The summed E-state index contributed by atoms with van der Waals surface area (Å²) in [7, 11) is 1.64. The van der Waals surface area contributed by atoms with Crippen LogP contribution in [-0.2, 0) is 9.59 Å². The molecule has 0 spiro atoms. The molecule has 0 aromatic heterocycles. The van der Waals surface area contributed by atoms with Crippen LogP contribution in [-0.4, -0.2) is 55.7 Å². The molecular weight excluding hydrogens is 514 g/mol. The van der Waals surface area contributed by atoms with Crippen molar-refractivity contribution in [3.05, 3.63) is 83.4 Å². The fraction of sp³-hybridized carbons (Fsp3) is 0.300. The van der Waals surface area contributed by atoms with Crippen LogP contribution in [0, 0.1) is 0 Å². The quantitative estimate of drug-likeness (QED) is 0.399. The Hall–Kier alpha value is -4.04. The Kier molecular flexibility index (Phi) is 7.74. The molecule has 0 aliphatic carbocycles. The zero-order valence-electron chi connectivity index (χ0n) is 22.4. The van der Waals surface area contributed by atoms with Crippen molar-refractivity contribution in [2.45, 2.75) is 26.4 Å². The van der Waals surface area contributed by atoms with Crippen LogP contribution in [0.1, 0.15) is 32.0 Å². The van der Waals surface area contributed by atoms with Crippen LogP contribution in [0.5, 0.6) is 5.75 Å². The number of Topliss-reactive ketones (excluding diaryl/α,β-unsaturated/α-hetero) is 1. The highest BCUT2D eigenvalue weighted by Crippen LogP contribution is 2.42. The first-order valence-corrected chi connectivity index (χ1v) is 13.5. The van der Waals surface area contributed by atoms with Crippen molar-refractivity contribution < 1.29 is 14.3 Å². The maximum atomic E-state index is 12.9. The molecule has 3 aromatic carbocycles. The van der Waals surface area contributed by atoms with Gasteiger partial charge in [0.1, 0.15) is 5.75 Å². The summed E-state index contributed by atoms with van der Waals surface area (Å²) in [5, 5.41) is 7.26. The highest BCUT2D eigenvalue weighted by molar-refractivity contribution is 6.44. The number of hydrogen-bond donors (Lipinski definition) is 0. The van der Waals surface area contributed by atoms with Gasteiger partial charge in [0.2, 0.25) is 5.91 Å². The smallest absolute Gasteiger partial charge is 0.222 e. The number of hydrazone groups is 1. The average Bonchev–Trinajstić information content (AvgIpc) is 3.38. The van der Waals surface area contributed by atoms with Gasteiger partial charge in [-0.25, -0.2) is 5.01 Å². The van der Waals surface area contributed by atoms with Crippen LogP contribution in [0.2, 0.25) is 5.02 Å². The van der Waals surface area contributed by atoms with Gasteiger partial charge >= 0.3 is 0 Å². The number of piperazine rings is 1. The number of amidine groups is 1. The summed E-state index contributed by atoms with van der Waals surface area (Å²) in [6.07, 6.45) is 0.0704. The van der Waals surface area contributed by atoms with E-state index in [0.29, 0.717) is 36.1 Å². The predicted molar refractivity (Wildman–Crippen MR) is 156 cm³/mol. The van der Waals surface area contributed by atoms with Gasteiger partial charge in [-0.2, -0.15) is 0 Å². The van der Waals surface area contributed by atoms with Crippen molar-refractivity contribution in [3.63, 3.8) is 0 Å². The van der Waals surface area contributed by atoms with E-state index in [-0.39, 0.29) is 11.7 Å². The van der Waals surface area contributed by atoms with E-state index in [0.717, 1.165) is 35.7 Å². The molecule has 0 saturated carbocycles. The fourth-order valence-electron chi connectivity index (χ4n) is 5.14. The third-order valence-corrected chi connectivity index (χ3v) is 7.41. The second kappa shape index (κ2) is 11.4. The van der Waals surface area contributed by atoms with Gasteiger partial charge in [0.25, 0.3) is 0 Å². The van der Waals surface area contributed by atoms with E-state index in [9.17, 15) is 9.59 Å². The van der Waals surface area contributed by atoms with Gasteiger partial charge in [0.15, 0.2) is 17.8 Å². The monoisotopic (exact) mass is 545 g/mol. The van der Waals surface area contributed by atoms with E-state index in [1.807, 2.05) is 82.4 Å². The molecule has 0 unspecified atom stereocenters. The minimum Gasteiger partial charge on any atom is -0.496 e. The standard InChI is InChI=1S/C30H32ClN5O3/c1-4-28(38)34-19-17-33(18-20-34)23-13-15-24(16-14-23)35-29(21(2)37)32-36(25-11-9-22(31)10-12-25)30(35)26-7-5-6-8-27(26)39-3/h5-16,30H,4,17-20H2,1-3H3/t30-/m0/s1. The van der Waals surface area contributed by atoms with Crippen molar-refractivity contribution in [1.29, 1.82) is 0 Å². The zero-order chi connectivity index (χ0) is 27.5. The van der Waals surface area contributed by atoms with E-state index < -0.39 is 6.17 Å². The largest absolute Gasteiger partial charge is 0.496 e. The molecule has 9 heteroatoms. The number of anilines is 3. The molecule has 0 bridgehead atoms. The molecule has 2 heterocycles. The van der Waals surface area contributed by atoms with Gasteiger partial charge in [-0.1, -0.05) is 36.7 Å². The summed E-state index contributed by atoms with van der Waals surface area (Å²) in [5.74, 6) is 1.08. The zero-order valence-corrected chi connectivity index (χ0v) is 23.1. The van der Waals surface area contributed by atoms with Crippen molar-refractivity contribution in [3.8, 4) is 5.75 Å². The number of para-hydroxylation sites is 1. The first-order valence-electron chi connectivity index (χ1n) is 13.1. The van der Waals surface area contributed by atoms with E-state index in [1.165, 1.54) is 6.92 Å². The molecule has 1 atom stereocenters. The number of ether oxygens (including phenoxy) is 1. The van der Waals surface area contributed by atoms with Crippen LogP contribution in [0.25, 0.3) is 0 Å². The summed E-state index contributed by atoms with van der Waals surface area (Å²) in [6, 6.07) is 23.3. The highest BCUT2D eigenvalue weighted by atomic mass is 35.5. The third kappa shape index (κ3) is 5.29. The number of halogens is 1. The molecule has 0 radical (unpaired) electrons. The molecule has 0 N–H and O–H groups in total. The van der Waals surface area contributed by atoms with Gasteiger partial charge in [0, 0.05) is 61.5 Å². The van der Waals surface area contributed by atoms with Crippen LogP contribution in [0.15, 0.2) is 77.9 Å². The first-order chi connectivity index (χ1) is 18.9. The highest BCUT2D eigenvalue weighted by Gasteiger charge is 2.40. The Morgan fingerprint density at radius 1 is 0.897 bits per heavy atom. The van der Waals surface area contributed by atoms with Crippen molar-refractivity contribution in [1.82, 2.24) is 4.90 Å². The summed E-state index contributed by atoms with van der Waals surface area (Å²) < 4.78 is 5.73.